The van der Waals surface area contributed by atoms with Gasteiger partial charge in [-0.05, 0) is 43.2 Å². The largest absolute Gasteiger partial charge is 0.314 e. The number of nitrogens with one attached hydrogen (secondary N) is 1. The van der Waals surface area contributed by atoms with E-state index in [2.05, 4.69) is 39.8 Å². The Morgan fingerprint density at radius 2 is 2.05 bits per heavy atom. The van der Waals surface area contributed by atoms with Gasteiger partial charge >= 0.3 is 0 Å². The lowest BCUT2D eigenvalue weighted by atomic mass is 9.83. The van der Waals surface area contributed by atoms with E-state index in [1.54, 1.807) is 0 Å². The molecule has 1 unspecified atom stereocenters. The number of hydrogen-bond acceptors (Lipinski definition) is 4. The minimum absolute atomic E-state index is 0.470. The Morgan fingerprint density at radius 3 is 2.95 bits per heavy atom. The van der Waals surface area contributed by atoms with Gasteiger partial charge in [-0.25, -0.2) is 0 Å². The second-order valence-corrected chi connectivity index (χ2v) is 7.25. The fraction of sp³-hybridized carbons (Fsp3) is 0.529. The lowest BCUT2D eigenvalue weighted by Gasteiger charge is -2.23. The summed E-state index contributed by atoms with van der Waals surface area (Å²) >= 11 is 1.81. The SMILES string of the molecule is c1ccc2c(c1)CCCC2c1nnc(CCNC2CC2)s1. The molecule has 1 N–H and O–H groups in total. The Balaban J connectivity index is 1.47. The van der Waals surface area contributed by atoms with Crippen LogP contribution in [0.1, 0.15) is 52.7 Å². The van der Waals surface area contributed by atoms with Crippen LogP contribution in [0.4, 0.5) is 0 Å². The van der Waals surface area contributed by atoms with Crippen molar-refractivity contribution in [3.8, 4) is 0 Å². The van der Waals surface area contributed by atoms with Crippen molar-refractivity contribution in [2.45, 2.75) is 50.5 Å². The molecule has 1 atom stereocenters. The van der Waals surface area contributed by atoms with Gasteiger partial charge in [0.1, 0.15) is 10.0 Å². The molecule has 0 spiro atoms. The molecule has 1 aromatic carbocycles. The van der Waals surface area contributed by atoms with Crippen LogP contribution in [0.25, 0.3) is 0 Å². The first-order valence-electron chi connectivity index (χ1n) is 8.03. The van der Waals surface area contributed by atoms with E-state index in [-0.39, 0.29) is 0 Å². The second kappa shape index (κ2) is 5.85. The Hall–Kier alpha value is -1.26. The highest BCUT2D eigenvalue weighted by Gasteiger charge is 2.25. The predicted molar refractivity (Wildman–Crippen MR) is 85.9 cm³/mol. The smallest absolute Gasteiger partial charge is 0.124 e. The predicted octanol–water partition coefficient (Wildman–Crippen LogP) is 3.30. The fourth-order valence-corrected chi connectivity index (χ4v) is 4.19. The van der Waals surface area contributed by atoms with E-state index >= 15 is 0 Å². The third kappa shape index (κ3) is 3.01. The average Bonchev–Trinajstić information content (AvgIpc) is 3.23. The van der Waals surface area contributed by atoms with Gasteiger partial charge in [-0.15, -0.1) is 21.5 Å². The molecular formula is C17H21N3S. The average molecular weight is 299 g/mol. The van der Waals surface area contributed by atoms with E-state index in [0.29, 0.717) is 5.92 Å². The Bertz CT molecular complexity index is 618. The maximum absolute atomic E-state index is 4.49. The molecular weight excluding hydrogens is 278 g/mol. The van der Waals surface area contributed by atoms with Crippen LogP contribution in [0, 0.1) is 0 Å². The Kier molecular flexibility index (Phi) is 3.74. The first kappa shape index (κ1) is 13.4. The molecule has 1 aromatic heterocycles. The van der Waals surface area contributed by atoms with Gasteiger partial charge in [0.25, 0.3) is 0 Å². The van der Waals surface area contributed by atoms with E-state index in [1.807, 2.05) is 11.3 Å². The monoisotopic (exact) mass is 299 g/mol. The van der Waals surface area contributed by atoms with Gasteiger partial charge in [-0.2, -0.15) is 0 Å². The van der Waals surface area contributed by atoms with Gasteiger partial charge in [0.05, 0.1) is 0 Å². The van der Waals surface area contributed by atoms with Crippen molar-refractivity contribution < 1.29 is 0 Å². The van der Waals surface area contributed by atoms with Gasteiger partial charge in [0, 0.05) is 24.9 Å². The minimum Gasteiger partial charge on any atom is -0.314 e. The quantitative estimate of drug-likeness (QED) is 0.920. The summed E-state index contributed by atoms with van der Waals surface area (Å²) in [6.07, 6.45) is 7.40. The summed E-state index contributed by atoms with van der Waals surface area (Å²) in [5.41, 5.74) is 2.98. The zero-order valence-electron chi connectivity index (χ0n) is 12.2. The maximum atomic E-state index is 4.49. The highest BCUT2D eigenvalue weighted by atomic mass is 32.1. The number of hydrogen-bond donors (Lipinski definition) is 1. The lowest BCUT2D eigenvalue weighted by molar-refractivity contribution is 0.608. The van der Waals surface area contributed by atoms with Crippen molar-refractivity contribution in [2.24, 2.45) is 0 Å². The van der Waals surface area contributed by atoms with Crippen LogP contribution in [-0.4, -0.2) is 22.8 Å². The van der Waals surface area contributed by atoms with Gasteiger partial charge in [0.2, 0.25) is 0 Å². The molecule has 1 heterocycles. The van der Waals surface area contributed by atoms with Crippen LogP contribution in [0.3, 0.4) is 0 Å². The van der Waals surface area contributed by atoms with Gasteiger partial charge in [-0.1, -0.05) is 24.3 Å². The summed E-state index contributed by atoms with van der Waals surface area (Å²) in [5.74, 6) is 0.470. The van der Waals surface area contributed by atoms with E-state index in [1.165, 1.54) is 53.2 Å². The van der Waals surface area contributed by atoms with Crippen LogP contribution < -0.4 is 5.32 Å². The van der Waals surface area contributed by atoms with Crippen LogP contribution >= 0.6 is 11.3 Å². The summed E-state index contributed by atoms with van der Waals surface area (Å²) in [5, 5.41) is 14.8. The number of nitrogens with zero attached hydrogens (tertiary/aromatic N) is 2. The highest BCUT2D eigenvalue weighted by Crippen LogP contribution is 2.37. The van der Waals surface area contributed by atoms with Crippen molar-refractivity contribution in [1.29, 1.82) is 0 Å². The molecule has 2 aromatic rings. The number of aryl methyl sites for hydroxylation is 1. The zero-order valence-corrected chi connectivity index (χ0v) is 13.0. The van der Waals surface area contributed by atoms with Crippen molar-refractivity contribution in [2.75, 3.05) is 6.54 Å². The molecule has 4 heteroatoms. The van der Waals surface area contributed by atoms with Crippen molar-refractivity contribution in [3.63, 3.8) is 0 Å². The first-order chi connectivity index (χ1) is 10.4. The first-order valence-corrected chi connectivity index (χ1v) is 8.85. The molecule has 2 aliphatic rings. The molecule has 110 valence electrons. The number of aromatic nitrogens is 2. The maximum Gasteiger partial charge on any atom is 0.124 e. The Morgan fingerprint density at radius 1 is 1.14 bits per heavy atom. The van der Waals surface area contributed by atoms with E-state index in [4.69, 9.17) is 0 Å². The molecule has 1 saturated carbocycles. The summed E-state index contributed by atoms with van der Waals surface area (Å²) in [6, 6.07) is 9.62. The van der Waals surface area contributed by atoms with Crippen LogP contribution in [0.15, 0.2) is 24.3 Å². The topological polar surface area (TPSA) is 37.8 Å². The van der Waals surface area contributed by atoms with Crippen molar-refractivity contribution in [3.05, 3.63) is 45.4 Å². The van der Waals surface area contributed by atoms with Crippen LogP contribution in [-0.2, 0) is 12.8 Å². The van der Waals surface area contributed by atoms with Crippen molar-refractivity contribution in [1.82, 2.24) is 15.5 Å². The molecule has 21 heavy (non-hydrogen) atoms. The van der Waals surface area contributed by atoms with Gasteiger partial charge in [0.15, 0.2) is 0 Å². The van der Waals surface area contributed by atoms with E-state index in [0.717, 1.165) is 19.0 Å². The standard InChI is InChI=1S/C17H21N3S/c1-2-6-14-12(4-1)5-3-7-15(14)17-20-19-16(21-17)10-11-18-13-8-9-13/h1-2,4,6,13,15,18H,3,5,7-11H2. The van der Waals surface area contributed by atoms with Gasteiger partial charge < -0.3 is 5.32 Å². The summed E-state index contributed by atoms with van der Waals surface area (Å²) in [4.78, 5) is 0. The highest BCUT2D eigenvalue weighted by molar-refractivity contribution is 7.11. The third-order valence-electron chi connectivity index (χ3n) is 4.50. The Labute approximate surface area is 129 Å². The third-order valence-corrected chi connectivity index (χ3v) is 5.60. The van der Waals surface area contributed by atoms with Gasteiger partial charge in [-0.3, -0.25) is 0 Å². The van der Waals surface area contributed by atoms with Crippen molar-refractivity contribution >= 4 is 11.3 Å². The molecule has 4 rings (SSSR count). The number of benzene rings is 1. The number of fused-ring (bicyclic) bond motifs is 1. The molecule has 0 bridgehead atoms. The summed E-state index contributed by atoms with van der Waals surface area (Å²) in [7, 11) is 0. The molecule has 0 amide bonds. The zero-order chi connectivity index (χ0) is 14.1. The molecule has 1 fully saturated rings. The molecule has 2 aliphatic carbocycles. The molecule has 0 saturated heterocycles. The minimum atomic E-state index is 0.470. The second-order valence-electron chi connectivity index (χ2n) is 6.16. The fourth-order valence-electron chi connectivity index (χ4n) is 3.19. The van der Waals surface area contributed by atoms with E-state index < -0.39 is 0 Å². The van der Waals surface area contributed by atoms with Crippen LogP contribution in [0.2, 0.25) is 0 Å². The molecule has 0 aliphatic heterocycles. The lowest BCUT2D eigenvalue weighted by Crippen LogP contribution is -2.19. The van der Waals surface area contributed by atoms with Crippen LogP contribution in [0.5, 0.6) is 0 Å². The normalized spacial score (nSPS) is 21.2. The number of rotatable bonds is 5. The summed E-state index contributed by atoms with van der Waals surface area (Å²) in [6.45, 7) is 1.04. The molecule has 3 nitrogen and oxygen atoms in total. The van der Waals surface area contributed by atoms with E-state index in [9.17, 15) is 0 Å². The molecule has 0 radical (unpaired) electrons. The summed E-state index contributed by atoms with van der Waals surface area (Å²) < 4.78 is 0.